The van der Waals surface area contributed by atoms with E-state index in [-0.39, 0.29) is 5.91 Å². The average Bonchev–Trinajstić information content (AvgIpc) is 2.37. The van der Waals surface area contributed by atoms with E-state index in [1.54, 1.807) is 18.9 Å². The Bertz CT molecular complexity index is 354. The first kappa shape index (κ1) is 15.0. The van der Waals surface area contributed by atoms with Crippen LogP contribution in [0, 0.1) is 6.92 Å². The van der Waals surface area contributed by atoms with Gasteiger partial charge in [0.25, 0.3) is 5.91 Å². The lowest BCUT2D eigenvalue weighted by Crippen LogP contribution is -2.27. The van der Waals surface area contributed by atoms with Crippen molar-refractivity contribution in [3.63, 3.8) is 0 Å². The van der Waals surface area contributed by atoms with Gasteiger partial charge < -0.3 is 4.74 Å². The van der Waals surface area contributed by atoms with E-state index in [9.17, 15) is 4.79 Å². The minimum atomic E-state index is -0.122. The Hall–Kier alpha value is -1.04. The Morgan fingerprint density at radius 2 is 2.00 bits per heavy atom. The van der Waals surface area contributed by atoms with Crippen molar-refractivity contribution in [3.8, 4) is 0 Å². The van der Waals surface area contributed by atoms with E-state index in [0.717, 1.165) is 5.75 Å². The summed E-state index contributed by atoms with van der Waals surface area (Å²) in [6.07, 6.45) is 0. The minimum Gasteiger partial charge on any atom is -0.382 e. The van der Waals surface area contributed by atoms with Gasteiger partial charge in [0.15, 0.2) is 0 Å². The number of amides is 1. The van der Waals surface area contributed by atoms with Crippen LogP contribution in [0.3, 0.4) is 0 Å². The Morgan fingerprint density at radius 1 is 1.28 bits per heavy atom. The predicted molar refractivity (Wildman–Crippen MR) is 73.3 cm³/mol. The zero-order valence-electron chi connectivity index (χ0n) is 10.8. The number of aryl methyl sites for hydroxylation is 1. The summed E-state index contributed by atoms with van der Waals surface area (Å²) >= 11 is 1.56. The van der Waals surface area contributed by atoms with Gasteiger partial charge in [-0.2, -0.15) is 0 Å². The molecular formula is C13H19NO3S. The third kappa shape index (κ3) is 6.64. The van der Waals surface area contributed by atoms with Crippen LogP contribution in [0.15, 0.2) is 24.3 Å². The molecule has 0 aliphatic heterocycles. The fraction of sp³-hybridized carbons (Fsp3) is 0.462. The van der Waals surface area contributed by atoms with E-state index in [1.807, 2.05) is 0 Å². The number of nitrogens with one attached hydrogen (secondary N) is 1. The third-order valence-electron chi connectivity index (χ3n) is 2.20. The van der Waals surface area contributed by atoms with Crippen molar-refractivity contribution in [2.75, 3.05) is 26.1 Å². The molecule has 0 atom stereocenters. The van der Waals surface area contributed by atoms with Gasteiger partial charge in [0, 0.05) is 12.9 Å². The van der Waals surface area contributed by atoms with Crippen LogP contribution in [0.1, 0.15) is 11.1 Å². The van der Waals surface area contributed by atoms with Gasteiger partial charge in [-0.1, -0.05) is 29.8 Å². The van der Waals surface area contributed by atoms with Crippen LogP contribution in [-0.2, 0) is 20.1 Å². The molecule has 0 spiro atoms. The molecule has 1 N–H and O–H groups in total. The molecule has 0 saturated carbocycles. The fourth-order valence-electron chi connectivity index (χ4n) is 1.23. The number of hydrogen-bond donors (Lipinski definition) is 1. The van der Waals surface area contributed by atoms with Gasteiger partial charge in [0.05, 0.1) is 19.0 Å². The molecule has 0 bridgehead atoms. The number of rotatable bonds is 8. The van der Waals surface area contributed by atoms with E-state index in [4.69, 9.17) is 9.57 Å². The van der Waals surface area contributed by atoms with E-state index >= 15 is 0 Å². The summed E-state index contributed by atoms with van der Waals surface area (Å²) in [5.41, 5.74) is 4.84. The Labute approximate surface area is 112 Å². The molecule has 1 amide bonds. The first-order valence-corrected chi connectivity index (χ1v) is 6.90. The topological polar surface area (TPSA) is 47.6 Å². The second-order valence-electron chi connectivity index (χ2n) is 3.84. The summed E-state index contributed by atoms with van der Waals surface area (Å²) in [4.78, 5) is 16.3. The summed E-state index contributed by atoms with van der Waals surface area (Å²) < 4.78 is 4.79. The van der Waals surface area contributed by atoms with Gasteiger partial charge in [0.1, 0.15) is 0 Å². The number of carbonyl (C=O) groups is 1. The zero-order valence-corrected chi connectivity index (χ0v) is 11.6. The Morgan fingerprint density at radius 3 is 2.67 bits per heavy atom. The van der Waals surface area contributed by atoms with Crippen molar-refractivity contribution < 1.29 is 14.4 Å². The average molecular weight is 269 g/mol. The number of ether oxygens (including phenoxy) is 1. The van der Waals surface area contributed by atoms with Crippen LogP contribution in [0.25, 0.3) is 0 Å². The molecule has 1 aromatic carbocycles. The monoisotopic (exact) mass is 269 g/mol. The smallest absolute Gasteiger partial charge is 0.253 e. The number of hydroxylamine groups is 1. The molecule has 0 radical (unpaired) electrons. The van der Waals surface area contributed by atoms with Crippen LogP contribution in [0.5, 0.6) is 0 Å². The lowest BCUT2D eigenvalue weighted by molar-refractivity contribution is -0.131. The molecule has 18 heavy (non-hydrogen) atoms. The highest BCUT2D eigenvalue weighted by Crippen LogP contribution is 2.12. The summed E-state index contributed by atoms with van der Waals surface area (Å²) in [6.45, 7) is 2.89. The third-order valence-corrected chi connectivity index (χ3v) is 3.20. The van der Waals surface area contributed by atoms with E-state index in [2.05, 4.69) is 36.7 Å². The minimum absolute atomic E-state index is 0.122. The molecule has 5 heteroatoms. The van der Waals surface area contributed by atoms with Crippen LogP contribution in [0.2, 0.25) is 0 Å². The van der Waals surface area contributed by atoms with Crippen molar-refractivity contribution >= 4 is 17.7 Å². The Kier molecular flexibility index (Phi) is 7.48. The van der Waals surface area contributed by atoms with Crippen molar-refractivity contribution in [2.24, 2.45) is 0 Å². The quantitative estimate of drug-likeness (QED) is 0.578. The van der Waals surface area contributed by atoms with Gasteiger partial charge in [-0.3, -0.25) is 9.63 Å². The lowest BCUT2D eigenvalue weighted by atomic mass is 10.2. The maximum Gasteiger partial charge on any atom is 0.253 e. The number of hydrogen-bond acceptors (Lipinski definition) is 4. The van der Waals surface area contributed by atoms with Crippen molar-refractivity contribution in [1.82, 2.24) is 5.48 Å². The van der Waals surface area contributed by atoms with E-state index < -0.39 is 0 Å². The molecule has 0 fully saturated rings. The highest BCUT2D eigenvalue weighted by molar-refractivity contribution is 7.99. The highest BCUT2D eigenvalue weighted by Gasteiger charge is 2.01. The van der Waals surface area contributed by atoms with Gasteiger partial charge in [0.2, 0.25) is 0 Å². The number of thioether (sulfide) groups is 1. The summed E-state index contributed by atoms with van der Waals surface area (Å²) in [5.74, 6) is 1.09. The van der Waals surface area contributed by atoms with Crippen molar-refractivity contribution in [2.45, 2.75) is 12.7 Å². The Balaban J connectivity index is 2.10. The molecule has 1 aromatic rings. The summed E-state index contributed by atoms with van der Waals surface area (Å²) in [5, 5.41) is 0. The number of carbonyl (C=O) groups excluding carboxylic acids is 1. The fourth-order valence-corrected chi connectivity index (χ4v) is 2.01. The van der Waals surface area contributed by atoms with Crippen LogP contribution in [-0.4, -0.2) is 32.0 Å². The van der Waals surface area contributed by atoms with Crippen LogP contribution >= 0.6 is 11.8 Å². The predicted octanol–water partition coefficient (Wildman–Crippen LogP) is 1.92. The van der Waals surface area contributed by atoms with Gasteiger partial charge >= 0.3 is 0 Å². The molecule has 4 nitrogen and oxygen atoms in total. The maximum absolute atomic E-state index is 11.4. The first-order valence-electron chi connectivity index (χ1n) is 5.75. The number of benzene rings is 1. The molecule has 0 heterocycles. The van der Waals surface area contributed by atoms with Crippen molar-refractivity contribution in [1.29, 1.82) is 0 Å². The van der Waals surface area contributed by atoms with E-state index in [0.29, 0.717) is 19.0 Å². The van der Waals surface area contributed by atoms with Crippen molar-refractivity contribution in [3.05, 3.63) is 35.4 Å². The highest BCUT2D eigenvalue weighted by atomic mass is 32.2. The second kappa shape index (κ2) is 8.97. The molecule has 100 valence electrons. The summed E-state index contributed by atoms with van der Waals surface area (Å²) in [6, 6.07) is 8.30. The zero-order chi connectivity index (χ0) is 13.2. The van der Waals surface area contributed by atoms with Crippen LogP contribution < -0.4 is 5.48 Å². The molecule has 0 aliphatic carbocycles. The molecule has 0 aliphatic rings. The SMILES string of the molecule is COCCONC(=O)CSCc1ccc(C)cc1. The number of methoxy groups -OCH3 is 1. The standard InChI is InChI=1S/C13H19NO3S/c1-11-3-5-12(6-4-11)9-18-10-13(15)14-17-8-7-16-2/h3-6H,7-10H2,1-2H3,(H,14,15). The molecular weight excluding hydrogens is 250 g/mol. The lowest BCUT2D eigenvalue weighted by Gasteiger charge is -2.05. The second-order valence-corrected chi connectivity index (χ2v) is 4.83. The molecule has 1 rings (SSSR count). The van der Waals surface area contributed by atoms with Gasteiger partial charge in [-0.25, -0.2) is 5.48 Å². The van der Waals surface area contributed by atoms with Gasteiger partial charge in [-0.05, 0) is 12.5 Å². The largest absolute Gasteiger partial charge is 0.382 e. The summed E-state index contributed by atoms with van der Waals surface area (Å²) in [7, 11) is 1.59. The van der Waals surface area contributed by atoms with Gasteiger partial charge in [-0.15, -0.1) is 11.8 Å². The normalized spacial score (nSPS) is 10.3. The molecule has 0 aromatic heterocycles. The molecule has 0 unspecified atom stereocenters. The maximum atomic E-state index is 11.4. The first-order chi connectivity index (χ1) is 8.72. The van der Waals surface area contributed by atoms with Crippen LogP contribution in [0.4, 0.5) is 0 Å². The molecule has 0 saturated heterocycles. The van der Waals surface area contributed by atoms with E-state index in [1.165, 1.54) is 11.1 Å².